The number of hydrogen-bond acceptors (Lipinski definition) is 4. The Morgan fingerprint density at radius 3 is 2.35 bits per heavy atom. The minimum absolute atomic E-state index is 0.0229. The van der Waals surface area contributed by atoms with Crippen LogP contribution in [0.3, 0.4) is 0 Å². The molecule has 2 N–H and O–H groups in total. The van der Waals surface area contributed by atoms with Gasteiger partial charge in [-0.25, -0.2) is 4.79 Å². The number of benzene rings is 3. The Balaban J connectivity index is 1.66. The first-order valence-corrected chi connectivity index (χ1v) is 10.0. The molecule has 0 aliphatic carbocycles. The van der Waals surface area contributed by atoms with Crippen molar-refractivity contribution in [2.75, 3.05) is 0 Å². The summed E-state index contributed by atoms with van der Waals surface area (Å²) < 4.78 is 11.7. The number of carboxylic acid groups (broad SMARTS) is 1. The van der Waals surface area contributed by atoms with Gasteiger partial charge in [0, 0.05) is 16.5 Å². The van der Waals surface area contributed by atoms with E-state index in [4.69, 9.17) is 9.15 Å². The van der Waals surface area contributed by atoms with E-state index in [2.05, 4.69) is 20.8 Å². The van der Waals surface area contributed by atoms with Gasteiger partial charge in [0.1, 0.15) is 35.0 Å². The van der Waals surface area contributed by atoms with Crippen molar-refractivity contribution in [3.8, 4) is 22.8 Å². The smallest absolute Gasteiger partial charge is 0.339 e. The third-order valence-corrected chi connectivity index (χ3v) is 5.24. The highest BCUT2D eigenvalue weighted by Gasteiger charge is 2.19. The molecule has 4 aromatic rings. The van der Waals surface area contributed by atoms with Crippen LogP contribution in [0.5, 0.6) is 11.5 Å². The van der Waals surface area contributed by atoms with Crippen molar-refractivity contribution in [1.82, 2.24) is 0 Å². The van der Waals surface area contributed by atoms with Gasteiger partial charge in [0.2, 0.25) is 0 Å². The van der Waals surface area contributed by atoms with Crippen molar-refractivity contribution in [2.45, 2.75) is 32.8 Å². The van der Waals surface area contributed by atoms with Crippen molar-refractivity contribution in [3.05, 3.63) is 83.4 Å². The highest BCUT2D eigenvalue weighted by molar-refractivity contribution is 5.93. The molecule has 0 aliphatic heterocycles. The fourth-order valence-corrected chi connectivity index (χ4v) is 3.45. The molecule has 0 saturated heterocycles. The van der Waals surface area contributed by atoms with Crippen molar-refractivity contribution in [2.24, 2.45) is 0 Å². The van der Waals surface area contributed by atoms with Gasteiger partial charge in [0.15, 0.2) is 0 Å². The average Bonchev–Trinajstić information content (AvgIpc) is 3.16. The van der Waals surface area contributed by atoms with Crippen LogP contribution in [0.25, 0.3) is 22.3 Å². The molecule has 1 aromatic heterocycles. The van der Waals surface area contributed by atoms with E-state index in [1.165, 1.54) is 11.6 Å². The Hall–Kier alpha value is -3.73. The first-order chi connectivity index (χ1) is 14.7. The van der Waals surface area contributed by atoms with Crippen LogP contribution in [-0.2, 0) is 12.0 Å². The largest absolute Gasteiger partial charge is 0.507 e. The minimum atomic E-state index is -1.22. The molecule has 0 unspecified atom stereocenters. The molecule has 5 heteroatoms. The third kappa shape index (κ3) is 4.26. The number of para-hydroxylation sites is 1. The van der Waals surface area contributed by atoms with Gasteiger partial charge in [-0.05, 0) is 47.4 Å². The van der Waals surface area contributed by atoms with E-state index in [0.717, 1.165) is 5.39 Å². The molecule has 0 saturated carbocycles. The molecule has 31 heavy (non-hydrogen) atoms. The number of rotatable bonds is 5. The molecule has 0 amide bonds. The Labute approximate surface area is 180 Å². The van der Waals surface area contributed by atoms with Gasteiger partial charge < -0.3 is 19.4 Å². The third-order valence-electron chi connectivity index (χ3n) is 5.24. The van der Waals surface area contributed by atoms with Crippen LogP contribution in [-0.4, -0.2) is 16.2 Å². The molecule has 0 fully saturated rings. The number of aromatic carboxylic acids is 1. The lowest BCUT2D eigenvalue weighted by Gasteiger charge is -2.19. The lowest BCUT2D eigenvalue weighted by atomic mass is 9.87. The molecule has 5 nitrogen and oxygen atoms in total. The lowest BCUT2D eigenvalue weighted by molar-refractivity contribution is 0.0693. The predicted octanol–water partition coefficient (Wildman–Crippen LogP) is 6.38. The summed E-state index contributed by atoms with van der Waals surface area (Å²) in [4.78, 5) is 11.7. The average molecular weight is 416 g/mol. The van der Waals surface area contributed by atoms with Crippen LogP contribution in [0, 0.1) is 0 Å². The molecular weight excluding hydrogens is 392 g/mol. The van der Waals surface area contributed by atoms with Gasteiger partial charge in [-0.15, -0.1) is 0 Å². The van der Waals surface area contributed by atoms with Gasteiger partial charge in [-0.1, -0.05) is 51.1 Å². The van der Waals surface area contributed by atoms with Gasteiger partial charge >= 0.3 is 5.97 Å². The van der Waals surface area contributed by atoms with Gasteiger partial charge in [-0.3, -0.25) is 0 Å². The molecule has 0 radical (unpaired) electrons. The Bertz CT molecular complexity index is 1210. The Morgan fingerprint density at radius 2 is 1.71 bits per heavy atom. The molecule has 3 aromatic carbocycles. The van der Waals surface area contributed by atoms with Crippen LogP contribution in [0.4, 0.5) is 0 Å². The first-order valence-electron chi connectivity index (χ1n) is 10.0. The molecule has 4 rings (SSSR count). The number of hydrogen-bond donors (Lipinski definition) is 2. The maximum Gasteiger partial charge on any atom is 0.339 e. The van der Waals surface area contributed by atoms with Crippen LogP contribution in [0.2, 0.25) is 0 Å². The summed E-state index contributed by atoms with van der Waals surface area (Å²) in [7, 11) is 0. The second-order valence-electron chi connectivity index (χ2n) is 8.55. The van der Waals surface area contributed by atoms with Crippen molar-refractivity contribution < 1.29 is 24.2 Å². The maximum absolute atomic E-state index is 11.7. The number of carbonyl (C=O) groups is 1. The summed E-state index contributed by atoms with van der Waals surface area (Å²) in [6.45, 7) is 6.43. The highest BCUT2D eigenvalue weighted by Crippen LogP contribution is 2.34. The van der Waals surface area contributed by atoms with Crippen molar-refractivity contribution in [1.29, 1.82) is 0 Å². The monoisotopic (exact) mass is 416 g/mol. The second kappa shape index (κ2) is 7.84. The van der Waals surface area contributed by atoms with Gasteiger partial charge in [-0.2, -0.15) is 0 Å². The van der Waals surface area contributed by atoms with E-state index in [0.29, 0.717) is 28.2 Å². The summed E-state index contributed by atoms with van der Waals surface area (Å²) in [6.07, 6.45) is 0. The number of ether oxygens (including phenoxy) is 1. The Morgan fingerprint density at radius 1 is 1.00 bits per heavy atom. The number of furan rings is 1. The summed E-state index contributed by atoms with van der Waals surface area (Å²) in [5, 5.41) is 21.0. The fourth-order valence-electron chi connectivity index (χ4n) is 3.45. The minimum Gasteiger partial charge on any atom is -0.507 e. The van der Waals surface area contributed by atoms with Crippen LogP contribution in [0.15, 0.2) is 71.1 Å². The Kier molecular flexibility index (Phi) is 5.19. The van der Waals surface area contributed by atoms with Crippen LogP contribution in [0.1, 0.15) is 42.3 Å². The summed E-state index contributed by atoms with van der Waals surface area (Å²) in [6, 6.07) is 20.3. The number of phenols is 1. The lowest BCUT2D eigenvalue weighted by Crippen LogP contribution is -2.10. The number of aromatic hydroxyl groups is 1. The zero-order valence-electron chi connectivity index (χ0n) is 17.7. The molecule has 1 heterocycles. The molecule has 0 aliphatic rings. The molecule has 0 bridgehead atoms. The quantitative estimate of drug-likeness (QED) is 0.395. The molecule has 0 spiro atoms. The second-order valence-corrected chi connectivity index (χ2v) is 8.55. The van der Waals surface area contributed by atoms with Crippen LogP contribution < -0.4 is 4.74 Å². The predicted molar refractivity (Wildman–Crippen MR) is 120 cm³/mol. The number of carboxylic acids is 1. The number of fused-ring (bicyclic) bond motifs is 1. The zero-order chi connectivity index (χ0) is 22.2. The fraction of sp³-hybridized carbons (Fsp3) is 0.192. The zero-order valence-corrected chi connectivity index (χ0v) is 17.7. The van der Waals surface area contributed by atoms with E-state index in [1.807, 2.05) is 54.6 Å². The summed E-state index contributed by atoms with van der Waals surface area (Å²) in [5.74, 6) is -0.359. The molecule has 0 atom stereocenters. The van der Waals surface area contributed by atoms with E-state index in [1.54, 1.807) is 6.07 Å². The maximum atomic E-state index is 11.7. The molecule has 158 valence electrons. The van der Waals surface area contributed by atoms with E-state index in [9.17, 15) is 15.0 Å². The SMILES string of the molecule is CC(C)(C)c1ccc(OCc2cc(-c3cc4ccccc4o3)cc(C(=O)O)c2O)cc1. The summed E-state index contributed by atoms with van der Waals surface area (Å²) in [5.41, 5.74) is 2.67. The van der Waals surface area contributed by atoms with E-state index >= 15 is 0 Å². The topological polar surface area (TPSA) is 79.9 Å². The van der Waals surface area contributed by atoms with E-state index < -0.39 is 5.97 Å². The molecular formula is C26H24O5. The van der Waals surface area contributed by atoms with E-state index in [-0.39, 0.29) is 23.3 Å². The summed E-state index contributed by atoms with van der Waals surface area (Å²) >= 11 is 0. The normalized spacial score (nSPS) is 11.6. The van der Waals surface area contributed by atoms with Gasteiger partial charge in [0.05, 0.1) is 0 Å². The van der Waals surface area contributed by atoms with Crippen LogP contribution >= 0.6 is 0 Å². The standard InChI is InChI=1S/C26H24O5/c1-26(2,3)19-8-10-20(11-9-19)30-15-18-12-17(13-21(24(18)27)25(28)29)23-14-16-6-4-5-7-22(16)31-23/h4-14,27H,15H2,1-3H3,(H,28,29). The van der Waals surface area contributed by atoms with Gasteiger partial charge in [0.25, 0.3) is 0 Å². The van der Waals surface area contributed by atoms with Crippen molar-refractivity contribution >= 4 is 16.9 Å². The van der Waals surface area contributed by atoms with Crippen molar-refractivity contribution in [3.63, 3.8) is 0 Å². The first kappa shape index (κ1) is 20.5. The highest BCUT2D eigenvalue weighted by atomic mass is 16.5.